The van der Waals surface area contributed by atoms with Crippen LogP contribution in [0.15, 0.2) is 84.1 Å². The Balaban J connectivity index is 1.82. The maximum absolute atomic E-state index is 14.0. The molecule has 0 saturated carbocycles. The molecule has 0 aliphatic carbocycles. The van der Waals surface area contributed by atoms with E-state index in [0.29, 0.717) is 12.1 Å². The van der Waals surface area contributed by atoms with Gasteiger partial charge in [-0.2, -0.15) is 26.3 Å². The van der Waals surface area contributed by atoms with Crippen molar-refractivity contribution in [1.29, 1.82) is 0 Å². The number of hydrogen-bond acceptors (Lipinski definition) is 3. The van der Waals surface area contributed by atoms with Gasteiger partial charge in [0, 0.05) is 11.4 Å². The Bertz CT molecular complexity index is 1380. The lowest BCUT2D eigenvalue weighted by molar-refractivity contribution is -0.138. The molecule has 1 aliphatic heterocycles. The van der Waals surface area contributed by atoms with E-state index in [9.17, 15) is 45.4 Å². The number of rotatable bonds is 5. The number of carboxylic acid groups (broad SMARTS) is 1. The SMILES string of the molecule is O=C(O)C1=C(Nc2ccc(C(F)(F)F)cc2)C(=O)N(c2ccc(C(F)(F)F)cc2)C1c1cccc(F)c1. The van der Waals surface area contributed by atoms with E-state index in [1.165, 1.54) is 12.1 Å². The van der Waals surface area contributed by atoms with Crippen LogP contribution in [0, 0.1) is 5.82 Å². The van der Waals surface area contributed by atoms with E-state index in [1.54, 1.807) is 0 Å². The van der Waals surface area contributed by atoms with Gasteiger partial charge in [0.05, 0.1) is 22.7 Å². The summed E-state index contributed by atoms with van der Waals surface area (Å²) in [6.07, 6.45) is -9.30. The molecule has 37 heavy (non-hydrogen) atoms. The highest BCUT2D eigenvalue weighted by Crippen LogP contribution is 2.42. The average molecular weight is 524 g/mol. The Morgan fingerprint density at radius 1 is 0.838 bits per heavy atom. The van der Waals surface area contributed by atoms with Crippen molar-refractivity contribution in [3.8, 4) is 0 Å². The highest BCUT2D eigenvalue weighted by molar-refractivity contribution is 6.17. The highest BCUT2D eigenvalue weighted by atomic mass is 19.4. The molecule has 0 radical (unpaired) electrons. The average Bonchev–Trinajstić information content (AvgIpc) is 3.10. The monoisotopic (exact) mass is 524 g/mol. The van der Waals surface area contributed by atoms with Crippen molar-refractivity contribution in [2.75, 3.05) is 10.2 Å². The predicted octanol–water partition coefficient (Wildman–Crippen LogP) is 6.40. The van der Waals surface area contributed by atoms with Gasteiger partial charge in [-0.3, -0.25) is 9.69 Å². The van der Waals surface area contributed by atoms with Crippen LogP contribution in [-0.2, 0) is 21.9 Å². The van der Waals surface area contributed by atoms with Crippen molar-refractivity contribution in [2.24, 2.45) is 0 Å². The van der Waals surface area contributed by atoms with Crippen LogP contribution in [0.5, 0.6) is 0 Å². The highest BCUT2D eigenvalue weighted by Gasteiger charge is 2.45. The molecule has 2 N–H and O–H groups in total. The van der Waals surface area contributed by atoms with Gasteiger partial charge in [-0.05, 0) is 66.2 Å². The van der Waals surface area contributed by atoms with E-state index < -0.39 is 58.5 Å². The molecule has 4 rings (SSSR count). The number of halogens is 7. The fourth-order valence-corrected chi connectivity index (χ4v) is 3.92. The maximum Gasteiger partial charge on any atom is 0.416 e. The van der Waals surface area contributed by atoms with E-state index >= 15 is 0 Å². The van der Waals surface area contributed by atoms with E-state index in [1.807, 2.05) is 0 Å². The van der Waals surface area contributed by atoms with E-state index in [-0.39, 0.29) is 16.9 Å². The Kier molecular flexibility index (Phi) is 6.44. The molecular formula is C25H15F7N2O3. The van der Waals surface area contributed by atoms with Crippen molar-refractivity contribution in [1.82, 2.24) is 0 Å². The lowest BCUT2D eigenvalue weighted by Gasteiger charge is -2.27. The third-order valence-electron chi connectivity index (χ3n) is 5.58. The number of aliphatic carboxylic acids is 1. The number of carbonyl (C=O) groups excluding carboxylic acids is 1. The number of benzene rings is 3. The molecule has 192 valence electrons. The van der Waals surface area contributed by atoms with Crippen LogP contribution in [-0.4, -0.2) is 17.0 Å². The summed E-state index contributed by atoms with van der Waals surface area (Å²) in [5.41, 5.74) is -3.27. The molecule has 1 heterocycles. The summed E-state index contributed by atoms with van der Waals surface area (Å²) in [6, 6.07) is 9.94. The summed E-state index contributed by atoms with van der Waals surface area (Å²) >= 11 is 0. The van der Waals surface area contributed by atoms with Gasteiger partial charge in [-0.15, -0.1) is 0 Å². The van der Waals surface area contributed by atoms with Gasteiger partial charge in [0.1, 0.15) is 11.5 Å². The summed E-state index contributed by atoms with van der Waals surface area (Å²) in [5.74, 6) is -3.36. The normalized spacial score (nSPS) is 16.4. The lowest BCUT2D eigenvalue weighted by Crippen LogP contribution is -2.31. The molecule has 12 heteroatoms. The molecule has 3 aromatic carbocycles. The molecule has 1 aliphatic rings. The van der Waals surface area contributed by atoms with Gasteiger partial charge in [0.2, 0.25) is 0 Å². The van der Waals surface area contributed by atoms with E-state index in [0.717, 1.165) is 53.4 Å². The fraction of sp³-hybridized carbons (Fsp3) is 0.120. The third kappa shape index (κ3) is 5.13. The Morgan fingerprint density at radius 3 is 1.86 bits per heavy atom. The van der Waals surface area contributed by atoms with Crippen LogP contribution in [0.4, 0.5) is 42.1 Å². The number of anilines is 2. The molecule has 1 atom stereocenters. The minimum atomic E-state index is -4.67. The Morgan fingerprint density at radius 2 is 1.38 bits per heavy atom. The topological polar surface area (TPSA) is 69.6 Å². The summed E-state index contributed by atoms with van der Waals surface area (Å²) < 4.78 is 91.9. The zero-order valence-electron chi connectivity index (χ0n) is 18.4. The molecule has 0 fully saturated rings. The van der Waals surface area contributed by atoms with Crippen molar-refractivity contribution in [3.63, 3.8) is 0 Å². The molecule has 5 nitrogen and oxygen atoms in total. The van der Waals surface area contributed by atoms with Gasteiger partial charge in [-0.25, -0.2) is 9.18 Å². The van der Waals surface area contributed by atoms with E-state index in [4.69, 9.17) is 0 Å². The summed E-state index contributed by atoms with van der Waals surface area (Å²) in [5, 5.41) is 12.5. The first kappa shape index (κ1) is 25.7. The summed E-state index contributed by atoms with van der Waals surface area (Å²) in [4.78, 5) is 26.6. The van der Waals surface area contributed by atoms with Crippen LogP contribution in [0.25, 0.3) is 0 Å². The third-order valence-corrected chi connectivity index (χ3v) is 5.58. The minimum absolute atomic E-state index is 0.00914. The van der Waals surface area contributed by atoms with Crippen molar-refractivity contribution < 1.29 is 45.4 Å². The molecule has 0 saturated heterocycles. The van der Waals surface area contributed by atoms with Gasteiger partial charge in [0.25, 0.3) is 5.91 Å². The predicted molar refractivity (Wildman–Crippen MR) is 118 cm³/mol. The summed E-state index contributed by atoms with van der Waals surface area (Å²) in [7, 11) is 0. The minimum Gasteiger partial charge on any atom is -0.478 e. The maximum atomic E-state index is 14.0. The first-order chi connectivity index (χ1) is 17.3. The molecule has 0 aromatic heterocycles. The Labute approximate surface area is 204 Å². The number of carbonyl (C=O) groups is 2. The van der Waals surface area contributed by atoms with E-state index in [2.05, 4.69) is 5.32 Å². The fourth-order valence-electron chi connectivity index (χ4n) is 3.92. The second-order valence-corrected chi connectivity index (χ2v) is 7.97. The number of amides is 1. The second kappa shape index (κ2) is 9.26. The van der Waals surface area contributed by atoms with Crippen LogP contribution in [0.1, 0.15) is 22.7 Å². The first-order valence-electron chi connectivity index (χ1n) is 10.5. The molecule has 1 unspecified atom stereocenters. The summed E-state index contributed by atoms with van der Waals surface area (Å²) in [6.45, 7) is 0. The molecular weight excluding hydrogens is 509 g/mol. The molecule has 1 amide bonds. The van der Waals surface area contributed by atoms with Crippen molar-refractivity contribution in [3.05, 3.63) is 107 Å². The second-order valence-electron chi connectivity index (χ2n) is 7.97. The molecule has 0 spiro atoms. The zero-order chi connectivity index (χ0) is 27.1. The van der Waals surface area contributed by atoms with Crippen LogP contribution >= 0.6 is 0 Å². The number of nitrogens with one attached hydrogen (secondary N) is 1. The molecule has 0 bridgehead atoms. The van der Waals surface area contributed by atoms with Crippen molar-refractivity contribution in [2.45, 2.75) is 18.4 Å². The Hall–Kier alpha value is -4.35. The molecule has 3 aromatic rings. The van der Waals surface area contributed by atoms with Crippen LogP contribution < -0.4 is 10.2 Å². The number of carboxylic acids is 1. The smallest absolute Gasteiger partial charge is 0.416 e. The quantitative estimate of drug-likeness (QED) is 0.379. The number of hydrogen-bond donors (Lipinski definition) is 2. The van der Waals surface area contributed by atoms with Crippen molar-refractivity contribution >= 4 is 23.3 Å². The lowest BCUT2D eigenvalue weighted by atomic mass is 9.98. The first-order valence-corrected chi connectivity index (χ1v) is 10.5. The largest absolute Gasteiger partial charge is 0.478 e. The number of alkyl halides is 6. The van der Waals surface area contributed by atoms with Gasteiger partial charge in [-0.1, -0.05) is 12.1 Å². The number of nitrogens with zero attached hydrogens (tertiary/aromatic N) is 1. The standard InChI is InChI=1S/C25H15F7N2O3/c26-16-3-1-2-13(12-16)21-19(23(36)37)20(33-17-8-4-14(5-9-17)24(27,28)29)22(35)34(21)18-10-6-15(7-11-18)25(30,31)32/h1-12,21,33H,(H,36,37). The van der Waals surface area contributed by atoms with Gasteiger partial charge >= 0.3 is 18.3 Å². The van der Waals surface area contributed by atoms with Crippen LogP contribution in [0.2, 0.25) is 0 Å². The van der Waals surface area contributed by atoms with Gasteiger partial charge < -0.3 is 10.4 Å². The zero-order valence-corrected chi connectivity index (χ0v) is 18.4. The van der Waals surface area contributed by atoms with Crippen LogP contribution in [0.3, 0.4) is 0 Å². The van der Waals surface area contributed by atoms with Gasteiger partial charge in [0.15, 0.2) is 0 Å².